The molecule has 0 fully saturated rings. The Morgan fingerprint density at radius 3 is 2.52 bits per heavy atom. The number of anilines is 1. The summed E-state index contributed by atoms with van der Waals surface area (Å²) in [4.78, 5) is 32.3. The third-order valence-electron chi connectivity index (χ3n) is 5.54. The summed E-state index contributed by atoms with van der Waals surface area (Å²) >= 11 is 0. The minimum atomic E-state index is -0.628. The molecule has 7 nitrogen and oxygen atoms in total. The molecule has 2 aromatic carbocycles. The van der Waals surface area contributed by atoms with Gasteiger partial charge in [0.05, 0.1) is 38.1 Å². The van der Waals surface area contributed by atoms with Gasteiger partial charge in [-0.1, -0.05) is 24.3 Å². The Balaban J connectivity index is 1.83. The van der Waals surface area contributed by atoms with Gasteiger partial charge in [-0.25, -0.2) is 0 Å². The zero-order valence-corrected chi connectivity index (χ0v) is 17.5. The second kappa shape index (κ2) is 8.47. The van der Waals surface area contributed by atoms with Crippen LogP contribution in [0.25, 0.3) is 0 Å². The summed E-state index contributed by atoms with van der Waals surface area (Å²) in [6, 6.07) is 15.7. The van der Waals surface area contributed by atoms with Crippen LogP contribution in [0.4, 0.5) is 5.69 Å². The number of likely N-dealkylation sites (N-methyl/N-ethyl adjacent to an activating group) is 1. The Kier molecular flexibility index (Phi) is 5.58. The van der Waals surface area contributed by atoms with Gasteiger partial charge >= 0.3 is 0 Å². The molecule has 4 rings (SSSR count). The Labute approximate surface area is 180 Å². The number of nitrogens with zero attached hydrogens (tertiary/aromatic N) is 2. The monoisotopic (exact) mass is 417 g/mol. The lowest BCUT2D eigenvalue weighted by Gasteiger charge is -2.39. The van der Waals surface area contributed by atoms with Crippen LogP contribution in [-0.4, -0.2) is 43.0 Å². The van der Waals surface area contributed by atoms with Crippen LogP contribution in [-0.2, 0) is 4.79 Å². The summed E-state index contributed by atoms with van der Waals surface area (Å²) < 4.78 is 10.8. The van der Waals surface area contributed by atoms with E-state index in [2.05, 4.69) is 10.3 Å². The number of aromatic nitrogens is 1. The predicted octanol–water partition coefficient (Wildman–Crippen LogP) is 3.65. The fraction of sp³-hybridized carbons (Fsp3) is 0.208. The smallest absolute Gasteiger partial charge is 0.254 e. The highest BCUT2D eigenvalue weighted by atomic mass is 16.5. The summed E-state index contributed by atoms with van der Waals surface area (Å²) in [5, 5.41) is 2.94. The largest absolute Gasteiger partial charge is 0.493 e. The molecule has 3 aromatic rings. The number of hydrogen-bond acceptors (Lipinski definition) is 5. The maximum Gasteiger partial charge on any atom is 0.254 e. The Morgan fingerprint density at radius 1 is 1.03 bits per heavy atom. The predicted molar refractivity (Wildman–Crippen MR) is 116 cm³/mol. The number of fused-ring (bicyclic) bond motifs is 1. The van der Waals surface area contributed by atoms with Crippen LogP contribution in [0.15, 0.2) is 67.0 Å². The molecule has 2 amide bonds. The number of benzene rings is 2. The number of nitrogens with one attached hydrogen (secondary N) is 1. The molecule has 2 atom stereocenters. The van der Waals surface area contributed by atoms with Gasteiger partial charge in [-0.15, -0.1) is 0 Å². The van der Waals surface area contributed by atoms with Crippen molar-refractivity contribution < 1.29 is 19.1 Å². The van der Waals surface area contributed by atoms with E-state index in [4.69, 9.17) is 9.47 Å². The van der Waals surface area contributed by atoms with Gasteiger partial charge in [-0.05, 0) is 41.5 Å². The third-order valence-corrected chi connectivity index (χ3v) is 5.54. The average molecular weight is 417 g/mol. The van der Waals surface area contributed by atoms with Gasteiger partial charge in [-0.3, -0.25) is 14.6 Å². The second-order valence-electron chi connectivity index (χ2n) is 7.27. The van der Waals surface area contributed by atoms with E-state index in [0.717, 1.165) is 5.56 Å². The van der Waals surface area contributed by atoms with E-state index in [-0.39, 0.29) is 11.8 Å². The van der Waals surface area contributed by atoms with Crippen LogP contribution in [0.3, 0.4) is 0 Å². The number of rotatable bonds is 5. The molecule has 0 saturated carbocycles. The first-order valence-electron chi connectivity index (χ1n) is 9.84. The van der Waals surface area contributed by atoms with Crippen molar-refractivity contribution in [1.29, 1.82) is 0 Å². The molecule has 1 aliphatic heterocycles. The summed E-state index contributed by atoms with van der Waals surface area (Å²) in [6.45, 7) is 0. The number of carbonyl (C=O) groups excluding carboxylic acids is 2. The zero-order chi connectivity index (χ0) is 22.0. The standard InChI is InChI=1S/C24H23N3O4/c1-27-22(15-10-11-19(30-2)20(13-15)31-3)21(17-8-4-5-9-18(17)24(27)29)23(28)26-16-7-6-12-25-14-16/h4-14,21-22H,1-3H3,(H,26,28)/t21-,22-/m0/s1. The van der Waals surface area contributed by atoms with Gasteiger partial charge in [-0.2, -0.15) is 0 Å². The van der Waals surface area contributed by atoms with Crippen molar-refractivity contribution in [1.82, 2.24) is 9.88 Å². The molecular weight excluding hydrogens is 394 g/mol. The third kappa shape index (κ3) is 3.70. The molecule has 158 valence electrons. The van der Waals surface area contributed by atoms with Crippen LogP contribution in [0.5, 0.6) is 11.5 Å². The van der Waals surface area contributed by atoms with E-state index >= 15 is 0 Å². The van der Waals surface area contributed by atoms with Crippen molar-refractivity contribution in [3.05, 3.63) is 83.7 Å². The van der Waals surface area contributed by atoms with Crippen LogP contribution < -0.4 is 14.8 Å². The first-order chi connectivity index (χ1) is 15.0. The number of amides is 2. The molecule has 1 aromatic heterocycles. The highest BCUT2D eigenvalue weighted by Crippen LogP contribution is 2.44. The number of pyridine rings is 1. The highest BCUT2D eigenvalue weighted by molar-refractivity contribution is 6.04. The van der Waals surface area contributed by atoms with Crippen LogP contribution in [0.1, 0.15) is 33.4 Å². The highest BCUT2D eigenvalue weighted by Gasteiger charge is 2.42. The number of hydrogen-bond donors (Lipinski definition) is 1. The number of carbonyl (C=O) groups is 2. The maximum absolute atomic E-state index is 13.5. The van der Waals surface area contributed by atoms with Gasteiger partial charge in [0.2, 0.25) is 5.91 Å². The zero-order valence-electron chi connectivity index (χ0n) is 17.5. The van der Waals surface area contributed by atoms with Crippen molar-refractivity contribution in [2.24, 2.45) is 0 Å². The van der Waals surface area contributed by atoms with Gasteiger partial charge in [0, 0.05) is 18.8 Å². The first-order valence-corrected chi connectivity index (χ1v) is 9.84. The number of ether oxygens (including phenoxy) is 2. The second-order valence-corrected chi connectivity index (χ2v) is 7.27. The van der Waals surface area contributed by atoms with Gasteiger partial charge < -0.3 is 19.7 Å². The normalized spacial score (nSPS) is 17.6. The summed E-state index contributed by atoms with van der Waals surface area (Å²) in [5.41, 5.74) is 2.57. The fourth-order valence-electron chi connectivity index (χ4n) is 4.07. The van der Waals surface area contributed by atoms with E-state index in [1.807, 2.05) is 24.3 Å². The molecule has 0 radical (unpaired) electrons. The van der Waals surface area contributed by atoms with Crippen molar-refractivity contribution in [3.8, 4) is 11.5 Å². The molecule has 0 bridgehead atoms. The van der Waals surface area contributed by atoms with Crippen molar-refractivity contribution in [3.63, 3.8) is 0 Å². The molecule has 1 N–H and O–H groups in total. The van der Waals surface area contributed by atoms with Crippen LogP contribution in [0, 0.1) is 0 Å². The lowest BCUT2D eigenvalue weighted by Crippen LogP contribution is -2.44. The lowest BCUT2D eigenvalue weighted by molar-refractivity contribution is -0.119. The van der Waals surface area contributed by atoms with E-state index in [9.17, 15) is 9.59 Å². The summed E-state index contributed by atoms with van der Waals surface area (Å²) in [5.74, 6) is 0.122. The first kappa shape index (κ1) is 20.4. The van der Waals surface area contributed by atoms with Crippen molar-refractivity contribution >= 4 is 17.5 Å². The molecule has 1 aliphatic rings. The summed E-state index contributed by atoms with van der Waals surface area (Å²) in [6.07, 6.45) is 3.23. The van der Waals surface area contributed by atoms with Gasteiger partial charge in [0.1, 0.15) is 0 Å². The molecule has 31 heavy (non-hydrogen) atoms. The Morgan fingerprint density at radius 2 is 1.81 bits per heavy atom. The van der Waals surface area contributed by atoms with Crippen LogP contribution in [0.2, 0.25) is 0 Å². The van der Waals surface area contributed by atoms with E-state index < -0.39 is 12.0 Å². The number of methoxy groups -OCH3 is 2. The molecule has 0 spiro atoms. The minimum absolute atomic E-state index is 0.138. The topological polar surface area (TPSA) is 80.8 Å². The quantitative estimate of drug-likeness (QED) is 0.685. The molecule has 0 aliphatic carbocycles. The molecule has 2 heterocycles. The molecule has 7 heteroatoms. The van der Waals surface area contributed by atoms with Crippen molar-refractivity contribution in [2.75, 3.05) is 26.6 Å². The van der Waals surface area contributed by atoms with Gasteiger partial charge in [0.15, 0.2) is 11.5 Å². The van der Waals surface area contributed by atoms with E-state index in [1.165, 1.54) is 0 Å². The molecular formula is C24H23N3O4. The fourth-order valence-corrected chi connectivity index (χ4v) is 4.07. The molecule has 0 saturated heterocycles. The van der Waals surface area contributed by atoms with Gasteiger partial charge in [0.25, 0.3) is 5.91 Å². The minimum Gasteiger partial charge on any atom is -0.493 e. The Bertz CT molecular complexity index is 1120. The summed E-state index contributed by atoms with van der Waals surface area (Å²) in [7, 11) is 4.83. The Hall–Kier alpha value is -3.87. The van der Waals surface area contributed by atoms with Crippen molar-refractivity contribution in [2.45, 2.75) is 12.0 Å². The molecule has 0 unspecified atom stereocenters. The maximum atomic E-state index is 13.5. The van der Waals surface area contributed by atoms with E-state index in [0.29, 0.717) is 28.3 Å². The van der Waals surface area contributed by atoms with Crippen LogP contribution >= 0.6 is 0 Å². The SMILES string of the molecule is COc1ccc([C@H]2[C@@H](C(=O)Nc3cccnc3)c3ccccc3C(=O)N2C)cc1OC. The average Bonchev–Trinajstić information content (AvgIpc) is 2.81. The van der Waals surface area contributed by atoms with E-state index in [1.54, 1.807) is 68.9 Å². The lowest BCUT2D eigenvalue weighted by atomic mass is 9.79.